The zero-order chi connectivity index (χ0) is 7.68. The van der Waals surface area contributed by atoms with Crippen LogP contribution < -0.4 is 0 Å². The molecule has 1 aliphatic rings. The van der Waals surface area contributed by atoms with Crippen LogP contribution in [0.3, 0.4) is 0 Å². The van der Waals surface area contributed by atoms with Gasteiger partial charge in [0.1, 0.15) is 0 Å². The normalized spacial score (nSPS) is 14.6. The molecule has 1 aromatic carbocycles. The Hall–Kier alpha value is -0.760. The average Bonchev–Trinajstić information content (AvgIpc) is 2.06. The topological polar surface area (TPSA) is 12.4 Å². The van der Waals surface area contributed by atoms with Gasteiger partial charge in [-0.1, -0.05) is 18.2 Å². The molecule has 1 aromatic rings. The fourth-order valence-corrected chi connectivity index (χ4v) is 2.07. The summed E-state index contributed by atoms with van der Waals surface area (Å²) in [5.41, 5.74) is 2.62. The van der Waals surface area contributed by atoms with E-state index in [0.29, 0.717) is 0 Å². The van der Waals surface area contributed by atoms with Gasteiger partial charge in [-0.15, -0.1) is 11.8 Å². The Bertz CT molecular complexity index is 304. The van der Waals surface area contributed by atoms with Crippen molar-refractivity contribution < 1.29 is 0 Å². The molecule has 0 amide bonds. The molecule has 11 heavy (non-hydrogen) atoms. The third kappa shape index (κ3) is 1.18. The van der Waals surface area contributed by atoms with Gasteiger partial charge < -0.3 is 0 Å². The van der Waals surface area contributed by atoms with Gasteiger partial charge in [-0.2, -0.15) is 0 Å². The third-order valence-corrected chi connectivity index (χ3v) is 2.88. The number of aliphatic imine (C=N–C) groups is 1. The summed E-state index contributed by atoms with van der Waals surface area (Å²) in [6.07, 6.45) is 1.96. The summed E-state index contributed by atoms with van der Waals surface area (Å²) in [7, 11) is 0. The van der Waals surface area contributed by atoms with Crippen LogP contribution in [0.2, 0.25) is 0 Å². The molecule has 2 rings (SSSR count). The van der Waals surface area contributed by atoms with Crippen LogP contribution >= 0.6 is 11.8 Å². The Morgan fingerprint density at radius 3 is 3.18 bits per heavy atom. The molecule has 0 saturated carbocycles. The first-order valence-electron chi connectivity index (χ1n) is 3.60. The number of benzene rings is 1. The molecule has 1 heterocycles. The summed E-state index contributed by atoms with van der Waals surface area (Å²) < 4.78 is 0. The van der Waals surface area contributed by atoms with Gasteiger partial charge in [-0.05, 0) is 12.5 Å². The maximum absolute atomic E-state index is 4.20. The minimum absolute atomic E-state index is 0.873. The van der Waals surface area contributed by atoms with Crippen LogP contribution in [-0.2, 0) is 0 Å². The van der Waals surface area contributed by atoms with Crippen LogP contribution in [-0.4, -0.2) is 12.1 Å². The van der Waals surface area contributed by atoms with E-state index in [1.807, 2.05) is 18.0 Å². The summed E-state index contributed by atoms with van der Waals surface area (Å²) in [5, 5.41) is 0. The molecule has 0 saturated heterocycles. The highest BCUT2D eigenvalue weighted by molar-refractivity contribution is 7.99. The molecule has 0 fully saturated rings. The van der Waals surface area contributed by atoms with Crippen molar-refractivity contribution in [3.63, 3.8) is 0 Å². The van der Waals surface area contributed by atoms with Crippen molar-refractivity contribution in [3.8, 4) is 0 Å². The van der Waals surface area contributed by atoms with E-state index < -0.39 is 0 Å². The van der Waals surface area contributed by atoms with E-state index >= 15 is 0 Å². The average molecular weight is 163 g/mol. The van der Waals surface area contributed by atoms with Crippen molar-refractivity contribution >= 4 is 18.0 Å². The van der Waals surface area contributed by atoms with Crippen LogP contribution in [0.15, 0.2) is 28.1 Å². The van der Waals surface area contributed by atoms with Crippen molar-refractivity contribution in [1.29, 1.82) is 0 Å². The maximum atomic E-state index is 4.20. The van der Waals surface area contributed by atoms with E-state index in [0.717, 1.165) is 5.88 Å². The smallest absolute Gasteiger partial charge is 0.0890 e. The van der Waals surface area contributed by atoms with Gasteiger partial charge in [0, 0.05) is 16.7 Å². The number of aryl methyl sites for hydroxylation is 1. The number of hydrogen-bond donors (Lipinski definition) is 0. The summed E-state index contributed by atoms with van der Waals surface area (Å²) in [6.45, 7) is 2.14. The summed E-state index contributed by atoms with van der Waals surface area (Å²) in [4.78, 5) is 5.59. The minimum Gasteiger partial charge on any atom is -0.281 e. The molecule has 0 atom stereocenters. The Balaban J connectivity index is 2.60. The van der Waals surface area contributed by atoms with Gasteiger partial charge in [0.15, 0.2) is 0 Å². The van der Waals surface area contributed by atoms with Gasteiger partial charge >= 0.3 is 0 Å². The lowest BCUT2D eigenvalue weighted by molar-refractivity contribution is 1.24. The Morgan fingerprint density at radius 1 is 1.45 bits per heavy atom. The van der Waals surface area contributed by atoms with E-state index in [-0.39, 0.29) is 0 Å². The van der Waals surface area contributed by atoms with Crippen molar-refractivity contribution in [2.45, 2.75) is 11.8 Å². The lowest BCUT2D eigenvalue weighted by Gasteiger charge is -2.10. The number of thioether (sulfide) groups is 1. The van der Waals surface area contributed by atoms with Crippen LogP contribution in [0, 0.1) is 6.92 Å². The second kappa shape index (κ2) is 2.70. The number of hydrogen-bond acceptors (Lipinski definition) is 2. The third-order valence-electron chi connectivity index (χ3n) is 1.76. The van der Waals surface area contributed by atoms with Crippen LogP contribution in [0.1, 0.15) is 11.1 Å². The molecule has 56 valence electrons. The summed E-state index contributed by atoms with van der Waals surface area (Å²) in [6, 6.07) is 6.33. The molecule has 0 bridgehead atoms. The van der Waals surface area contributed by atoms with Crippen LogP contribution in [0.4, 0.5) is 0 Å². The molecule has 2 heteroatoms. The summed E-state index contributed by atoms with van der Waals surface area (Å²) >= 11 is 1.82. The monoisotopic (exact) mass is 163 g/mol. The van der Waals surface area contributed by atoms with Crippen molar-refractivity contribution in [3.05, 3.63) is 29.3 Å². The Kier molecular flexibility index (Phi) is 1.70. The SMILES string of the molecule is Cc1cccc2c1SCN=C2. The molecule has 0 radical (unpaired) electrons. The highest BCUT2D eigenvalue weighted by Crippen LogP contribution is 2.28. The van der Waals surface area contributed by atoms with Gasteiger partial charge in [0.2, 0.25) is 0 Å². The van der Waals surface area contributed by atoms with Crippen molar-refractivity contribution in [2.75, 3.05) is 5.88 Å². The van der Waals surface area contributed by atoms with E-state index in [1.54, 1.807) is 0 Å². The zero-order valence-electron chi connectivity index (χ0n) is 6.37. The molecule has 0 N–H and O–H groups in total. The highest BCUT2D eigenvalue weighted by Gasteiger charge is 2.06. The largest absolute Gasteiger partial charge is 0.281 e. The van der Waals surface area contributed by atoms with Gasteiger partial charge in [-0.25, -0.2) is 0 Å². The molecular weight excluding hydrogens is 154 g/mol. The molecular formula is C9H9NS. The van der Waals surface area contributed by atoms with E-state index in [1.165, 1.54) is 16.0 Å². The maximum Gasteiger partial charge on any atom is 0.0890 e. The Labute approximate surface area is 70.5 Å². The molecule has 0 unspecified atom stereocenters. The number of fused-ring (bicyclic) bond motifs is 1. The molecule has 0 spiro atoms. The number of rotatable bonds is 0. The first kappa shape index (κ1) is 6.92. The molecule has 0 aliphatic carbocycles. The first-order valence-corrected chi connectivity index (χ1v) is 4.59. The van der Waals surface area contributed by atoms with Crippen LogP contribution in [0.25, 0.3) is 0 Å². The lowest BCUT2D eigenvalue weighted by atomic mass is 10.1. The fraction of sp³-hybridized carbons (Fsp3) is 0.222. The Morgan fingerprint density at radius 2 is 2.36 bits per heavy atom. The van der Waals surface area contributed by atoms with Gasteiger partial charge in [0.25, 0.3) is 0 Å². The second-order valence-corrected chi connectivity index (χ2v) is 3.53. The number of nitrogens with zero attached hydrogens (tertiary/aromatic N) is 1. The van der Waals surface area contributed by atoms with Crippen molar-refractivity contribution in [1.82, 2.24) is 0 Å². The molecule has 0 aromatic heterocycles. The van der Waals surface area contributed by atoms with Crippen molar-refractivity contribution in [2.24, 2.45) is 4.99 Å². The van der Waals surface area contributed by atoms with Gasteiger partial charge in [-0.3, -0.25) is 4.99 Å². The zero-order valence-corrected chi connectivity index (χ0v) is 7.19. The highest BCUT2D eigenvalue weighted by atomic mass is 32.2. The van der Waals surface area contributed by atoms with E-state index in [2.05, 4.69) is 30.1 Å². The fourth-order valence-electron chi connectivity index (χ4n) is 1.21. The molecule has 1 nitrogen and oxygen atoms in total. The predicted octanol–water partition coefficient (Wildman–Crippen LogP) is 2.48. The minimum atomic E-state index is 0.873. The standard InChI is InChI=1S/C9H9NS/c1-7-3-2-4-8-5-10-6-11-9(7)8/h2-5H,6H2,1H3. The second-order valence-electron chi connectivity index (χ2n) is 2.58. The molecule has 1 aliphatic heterocycles. The van der Waals surface area contributed by atoms with Gasteiger partial charge in [0.05, 0.1) is 5.88 Å². The quantitative estimate of drug-likeness (QED) is 0.572. The summed E-state index contributed by atoms with van der Waals surface area (Å²) in [5.74, 6) is 0.873. The lowest BCUT2D eigenvalue weighted by Crippen LogP contribution is -1.95. The first-order chi connectivity index (χ1) is 5.38. The van der Waals surface area contributed by atoms with Crippen LogP contribution in [0.5, 0.6) is 0 Å². The predicted molar refractivity (Wildman–Crippen MR) is 49.5 cm³/mol. The van der Waals surface area contributed by atoms with E-state index in [9.17, 15) is 0 Å². The van der Waals surface area contributed by atoms with E-state index in [4.69, 9.17) is 0 Å².